The lowest BCUT2D eigenvalue weighted by Gasteiger charge is -2.11. The molecule has 1 aliphatic carbocycles. The third kappa shape index (κ3) is 1.87. The Kier molecular flexibility index (Phi) is 2.42. The lowest BCUT2D eigenvalue weighted by Crippen LogP contribution is -2.26. The largest absolute Gasteiger partial charge is 0.383 e. The zero-order chi connectivity index (χ0) is 10.1. The number of hydrogen-bond donors (Lipinski definition) is 2. The minimum Gasteiger partial charge on any atom is -0.383 e. The number of nitrogens with zero attached hydrogens (tertiary/aromatic N) is 1. The Bertz CT molecular complexity index is 324. The zero-order valence-corrected chi connectivity index (χ0v) is 8.48. The van der Waals surface area contributed by atoms with Crippen molar-refractivity contribution in [1.29, 1.82) is 0 Å². The number of pyridine rings is 1. The number of rotatable bonds is 3. The molecule has 1 aliphatic rings. The fourth-order valence-corrected chi connectivity index (χ4v) is 1.98. The van der Waals surface area contributed by atoms with Crippen molar-refractivity contribution < 1.29 is 0 Å². The second kappa shape index (κ2) is 3.58. The first kappa shape index (κ1) is 9.46. The summed E-state index contributed by atoms with van der Waals surface area (Å²) in [6.07, 6.45) is 3.83. The summed E-state index contributed by atoms with van der Waals surface area (Å²) in [7, 11) is 0. The first-order valence-electron chi connectivity index (χ1n) is 5.13. The summed E-state index contributed by atoms with van der Waals surface area (Å²) in [5.74, 6) is 2.11. The van der Waals surface area contributed by atoms with Gasteiger partial charge in [-0.25, -0.2) is 4.98 Å². The Morgan fingerprint density at radius 1 is 1.64 bits per heavy atom. The summed E-state index contributed by atoms with van der Waals surface area (Å²) in [6.45, 7) is 2.25. The molecule has 4 N–H and O–H groups in total. The van der Waals surface area contributed by atoms with Crippen molar-refractivity contribution in [3.05, 3.63) is 23.9 Å². The average molecular weight is 191 g/mol. The van der Waals surface area contributed by atoms with Gasteiger partial charge in [0.15, 0.2) is 0 Å². The second-order valence-electron chi connectivity index (χ2n) is 4.29. The van der Waals surface area contributed by atoms with E-state index >= 15 is 0 Å². The Hall–Kier alpha value is -1.09. The van der Waals surface area contributed by atoms with Crippen molar-refractivity contribution in [3.63, 3.8) is 0 Å². The molecule has 0 aromatic carbocycles. The van der Waals surface area contributed by atoms with Crippen LogP contribution in [0.3, 0.4) is 0 Å². The van der Waals surface area contributed by atoms with Crippen LogP contribution in [0.25, 0.3) is 0 Å². The van der Waals surface area contributed by atoms with Gasteiger partial charge in [0.2, 0.25) is 0 Å². The highest BCUT2D eigenvalue weighted by atomic mass is 14.8. The number of anilines is 1. The van der Waals surface area contributed by atoms with Crippen molar-refractivity contribution in [2.75, 3.05) is 5.73 Å². The highest BCUT2D eigenvalue weighted by Crippen LogP contribution is 2.40. The van der Waals surface area contributed by atoms with Gasteiger partial charge in [-0.1, -0.05) is 13.0 Å². The second-order valence-corrected chi connectivity index (χ2v) is 4.29. The van der Waals surface area contributed by atoms with Gasteiger partial charge in [-0.3, -0.25) is 0 Å². The summed E-state index contributed by atoms with van der Waals surface area (Å²) < 4.78 is 0. The monoisotopic (exact) mass is 191 g/mol. The summed E-state index contributed by atoms with van der Waals surface area (Å²) in [5.41, 5.74) is 12.9. The number of nitrogen functional groups attached to an aromatic ring is 1. The predicted molar refractivity (Wildman–Crippen MR) is 57.6 cm³/mol. The maximum Gasteiger partial charge on any atom is 0.126 e. The van der Waals surface area contributed by atoms with E-state index in [1.807, 2.05) is 12.1 Å². The fourth-order valence-electron chi connectivity index (χ4n) is 1.98. The maximum absolute atomic E-state index is 6.09. The van der Waals surface area contributed by atoms with Crippen LogP contribution in [0.5, 0.6) is 0 Å². The van der Waals surface area contributed by atoms with Gasteiger partial charge in [-0.05, 0) is 36.3 Å². The lowest BCUT2D eigenvalue weighted by molar-refractivity contribution is 0.560. The molecule has 0 bridgehead atoms. The lowest BCUT2D eigenvalue weighted by atomic mass is 10.0. The van der Waals surface area contributed by atoms with Gasteiger partial charge in [0.05, 0.1) is 0 Å². The van der Waals surface area contributed by atoms with Crippen LogP contribution in [0.15, 0.2) is 18.3 Å². The van der Waals surface area contributed by atoms with Gasteiger partial charge in [-0.2, -0.15) is 0 Å². The smallest absolute Gasteiger partial charge is 0.126 e. The van der Waals surface area contributed by atoms with Crippen molar-refractivity contribution in [2.45, 2.75) is 25.8 Å². The van der Waals surface area contributed by atoms with E-state index in [4.69, 9.17) is 11.5 Å². The Labute approximate surface area is 84.5 Å². The van der Waals surface area contributed by atoms with E-state index in [1.165, 1.54) is 6.42 Å². The summed E-state index contributed by atoms with van der Waals surface area (Å²) in [6, 6.07) is 4.17. The molecule has 1 heterocycles. The molecule has 3 heteroatoms. The molecule has 14 heavy (non-hydrogen) atoms. The average Bonchev–Trinajstić information content (AvgIpc) is 2.87. The van der Waals surface area contributed by atoms with Crippen LogP contribution in [-0.4, -0.2) is 11.0 Å². The first-order valence-corrected chi connectivity index (χ1v) is 5.13. The van der Waals surface area contributed by atoms with Crippen LogP contribution in [0.1, 0.15) is 18.9 Å². The molecule has 1 aromatic rings. The fraction of sp³-hybridized carbons (Fsp3) is 0.545. The third-order valence-corrected chi connectivity index (χ3v) is 3.10. The van der Waals surface area contributed by atoms with Crippen molar-refractivity contribution in [1.82, 2.24) is 4.98 Å². The van der Waals surface area contributed by atoms with Gasteiger partial charge < -0.3 is 11.5 Å². The van der Waals surface area contributed by atoms with E-state index in [-0.39, 0.29) is 6.04 Å². The Balaban J connectivity index is 2.00. The van der Waals surface area contributed by atoms with E-state index in [0.29, 0.717) is 11.7 Å². The van der Waals surface area contributed by atoms with Gasteiger partial charge in [-0.15, -0.1) is 0 Å². The quantitative estimate of drug-likeness (QED) is 0.754. The van der Waals surface area contributed by atoms with E-state index in [9.17, 15) is 0 Å². The maximum atomic E-state index is 6.09. The van der Waals surface area contributed by atoms with E-state index in [1.54, 1.807) is 6.20 Å². The molecule has 1 fully saturated rings. The third-order valence-electron chi connectivity index (χ3n) is 3.10. The summed E-state index contributed by atoms with van der Waals surface area (Å²) >= 11 is 0. The molecular formula is C11H17N3. The summed E-state index contributed by atoms with van der Waals surface area (Å²) in [4.78, 5) is 4.05. The number of hydrogen-bond acceptors (Lipinski definition) is 3. The predicted octanol–water partition coefficient (Wildman–Crippen LogP) is 1.19. The molecule has 2 rings (SSSR count). The van der Waals surface area contributed by atoms with E-state index in [2.05, 4.69) is 11.9 Å². The van der Waals surface area contributed by atoms with Crippen LogP contribution in [0.4, 0.5) is 5.82 Å². The van der Waals surface area contributed by atoms with Crippen LogP contribution in [0.2, 0.25) is 0 Å². The van der Waals surface area contributed by atoms with Crippen molar-refractivity contribution in [2.24, 2.45) is 17.6 Å². The van der Waals surface area contributed by atoms with Gasteiger partial charge in [0.1, 0.15) is 5.82 Å². The van der Waals surface area contributed by atoms with Crippen molar-refractivity contribution in [3.8, 4) is 0 Å². The number of aromatic nitrogens is 1. The normalized spacial score (nSPS) is 27.3. The highest BCUT2D eigenvalue weighted by molar-refractivity contribution is 5.39. The molecule has 0 amide bonds. The topological polar surface area (TPSA) is 64.9 Å². The Morgan fingerprint density at radius 2 is 2.36 bits per heavy atom. The van der Waals surface area contributed by atoms with Crippen LogP contribution in [-0.2, 0) is 6.42 Å². The molecule has 1 saturated carbocycles. The zero-order valence-electron chi connectivity index (χ0n) is 8.48. The van der Waals surface area contributed by atoms with E-state index in [0.717, 1.165) is 17.9 Å². The minimum absolute atomic E-state index is 0.247. The SMILES string of the molecule is CC1CC1C(N)Cc1cccnc1N. The molecule has 0 spiro atoms. The molecule has 3 unspecified atom stereocenters. The molecule has 76 valence electrons. The molecular weight excluding hydrogens is 174 g/mol. The molecule has 0 radical (unpaired) electrons. The van der Waals surface area contributed by atoms with Crippen LogP contribution in [0, 0.1) is 11.8 Å². The standard InChI is InChI=1S/C11H17N3/c1-7-5-9(7)10(12)6-8-3-2-4-14-11(8)13/h2-4,7,9-10H,5-6,12H2,1H3,(H2,13,14). The van der Waals surface area contributed by atoms with E-state index < -0.39 is 0 Å². The van der Waals surface area contributed by atoms with Gasteiger partial charge in [0, 0.05) is 12.2 Å². The molecule has 0 aliphatic heterocycles. The van der Waals surface area contributed by atoms with Gasteiger partial charge >= 0.3 is 0 Å². The van der Waals surface area contributed by atoms with Gasteiger partial charge in [0.25, 0.3) is 0 Å². The first-order chi connectivity index (χ1) is 6.68. The van der Waals surface area contributed by atoms with Crippen LogP contribution >= 0.6 is 0 Å². The molecule has 1 aromatic heterocycles. The summed E-state index contributed by atoms with van der Waals surface area (Å²) in [5, 5.41) is 0. The molecule has 3 nitrogen and oxygen atoms in total. The Morgan fingerprint density at radius 3 is 2.93 bits per heavy atom. The van der Waals surface area contributed by atoms with Crippen LogP contribution < -0.4 is 11.5 Å². The molecule has 0 saturated heterocycles. The minimum atomic E-state index is 0.247. The molecule has 3 atom stereocenters. The van der Waals surface area contributed by atoms with Crippen molar-refractivity contribution >= 4 is 5.82 Å². The number of nitrogens with two attached hydrogens (primary N) is 2. The highest BCUT2D eigenvalue weighted by Gasteiger charge is 2.37.